The van der Waals surface area contributed by atoms with Crippen LogP contribution in [0, 0.1) is 11.3 Å². The summed E-state index contributed by atoms with van der Waals surface area (Å²) in [5, 5.41) is 12.3. The van der Waals surface area contributed by atoms with E-state index in [1.807, 2.05) is 6.07 Å². The first kappa shape index (κ1) is 13.9. The molecule has 1 aromatic rings. The lowest BCUT2D eigenvalue weighted by Gasteiger charge is -2.25. The largest absolute Gasteiger partial charge is 0.324 e. The maximum atomic E-state index is 12.0. The van der Waals surface area contributed by atoms with Gasteiger partial charge in [-0.25, -0.2) is 0 Å². The number of carbonyl (C=O) groups is 1. The van der Waals surface area contributed by atoms with Gasteiger partial charge in [0.1, 0.15) is 6.07 Å². The van der Waals surface area contributed by atoms with E-state index >= 15 is 0 Å². The van der Waals surface area contributed by atoms with Crippen molar-refractivity contribution in [3.63, 3.8) is 0 Å². The van der Waals surface area contributed by atoms with Gasteiger partial charge in [-0.3, -0.25) is 9.69 Å². The number of nitrogens with zero attached hydrogens (tertiary/aromatic N) is 2. The number of benzene rings is 1. The van der Waals surface area contributed by atoms with Gasteiger partial charge in [0.05, 0.1) is 17.8 Å². The monoisotopic (exact) mass is 277 g/mol. The van der Waals surface area contributed by atoms with Gasteiger partial charge in [-0.2, -0.15) is 5.26 Å². The van der Waals surface area contributed by atoms with Crippen LogP contribution in [0.25, 0.3) is 0 Å². The molecule has 1 aliphatic heterocycles. The van der Waals surface area contributed by atoms with Gasteiger partial charge in [-0.15, -0.1) is 0 Å². The normalized spacial score (nSPS) is 15.8. The van der Waals surface area contributed by atoms with E-state index < -0.39 is 0 Å². The molecular formula is C14H16ClN3O. The Morgan fingerprint density at radius 2 is 2.11 bits per heavy atom. The summed E-state index contributed by atoms with van der Waals surface area (Å²) in [4.78, 5) is 14.1. The Hall–Kier alpha value is -1.57. The average molecular weight is 278 g/mol. The van der Waals surface area contributed by atoms with Gasteiger partial charge < -0.3 is 5.32 Å². The van der Waals surface area contributed by atoms with Crippen LogP contribution in [0.1, 0.15) is 24.8 Å². The second kappa shape index (κ2) is 6.55. The minimum Gasteiger partial charge on any atom is -0.324 e. The van der Waals surface area contributed by atoms with Crippen molar-refractivity contribution in [2.24, 2.45) is 0 Å². The highest BCUT2D eigenvalue weighted by Gasteiger charge is 2.14. The molecule has 0 aliphatic carbocycles. The zero-order valence-electron chi connectivity index (χ0n) is 10.7. The lowest BCUT2D eigenvalue weighted by Crippen LogP contribution is -2.36. The van der Waals surface area contributed by atoms with E-state index in [-0.39, 0.29) is 5.91 Å². The van der Waals surface area contributed by atoms with E-state index in [2.05, 4.69) is 10.2 Å². The molecule has 0 radical (unpaired) electrons. The second-order valence-corrected chi connectivity index (χ2v) is 5.12. The minimum absolute atomic E-state index is 0.0966. The summed E-state index contributed by atoms with van der Waals surface area (Å²) in [6, 6.07) is 6.90. The molecule has 2 rings (SSSR count). The van der Waals surface area contributed by atoms with Crippen LogP contribution < -0.4 is 5.32 Å². The smallest absolute Gasteiger partial charge is 0.238 e. The highest BCUT2D eigenvalue weighted by molar-refractivity contribution is 6.31. The predicted octanol–water partition coefficient (Wildman–Crippen LogP) is 2.64. The molecule has 5 heteroatoms. The van der Waals surface area contributed by atoms with E-state index in [9.17, 15) is 4.79 Å². The van der Waals surface area contributed by atoms with Crippen LogP contribution in [-0.4, -0.2) is 30.4 Å². The van der Waals surface area contributed by atoms with Crippen molar-refractivity contribution in [1.82, 2.24) is 4.90 Å². The van der Waals surface area contributed by atoms with Crippen molar-refractivity contribution in [3.05, 3.63) is 28.8 Å². The van der Waals surface area contributed by atoms with E-state index in [1.54, 1.807) is 18.2 Å². The number of rotatable bonds is 3. The van der Waals surface area contributed by atoms with Crippen molar-refractivity contribution in [1.29, 1.82) is 5.26 Å². The Morgan fingerprint density at radius 1 is 1.37 bits per heavy atom. The van der Waals surface area contributed by atoms with E-state index in [4.69, 9.17) is 16.9 Å². The van der Waals surface area contributed by atoms with Crippen LogP contribution in [0.3, 0.4) is 0 Å². The van der Waals surface area contributed by atoms with Gasteiger partial charge in [0.15, 0.2) is 0 Å². The number of amides is 1. The fourth-order valence-corrected chi connectivity index (χ4v) is 2.40. The molecule has 4 nitrogen and oxygen atoms in total. The molecule has 1 fully saturated rings. The lowest BCUT2D eigenvalue weighted by atomic mass is 10.1. The van der Waals surface area contributed by atoms with Crippen LogP contribution in [0.15, 0.2) is 18.2 Å². The van der Waals surface area contributed by atoms with Crippen molar-refractivity contribution < 1.29 is 4.79 Å². The molecular weight excluding hydrogens is 262 g/mol. The fourth-order valence-electron chi connectivity index (χ4n) is 2.23. The van der Waals surface area contributed by atoms with E-state index in [0.717, 1.165) is 25.9 Å². The third-order valence-electron chi connectivity index (χ3n) is 3.19. The highest BCUT2D eigenvalue weighted by Crippen LogP contribution is 2.20. The Labute approximate surface area is 118 Å². The van der Waals surface area contributed by atoms with Crippen LogP contribution in [0.2, 0.25) is 5.02 Å². The lowest BCUT2D eigenvalue weighted by molar-refractivity contribution is -0.117. The number of hydrogen-bond donors (Lipinski definition) is 1. The first-order valence-corrected chi connectivity index (χ1v) is 6.78. The number of piperidine rings is 1. The van der Waals surface area contributed by atoms with Crippen LogP contribution in [-0.2, 0) is 4.79 Å². The summed E-state index contributed by atoms with van der Waals surface area (Å²) >= 11 is 5.88. The molecule has 100 valence electrons. The Kier molecular flexibility index (Phi) is 4.78. The first-order valence-electron chi connectivity index (χ1n) is 6.41. The number of nitrogens with one attached hydrogen (secondary N) is 1. The molecule has 1 aromatic carbocycles. The fraction of sp³-hybridized carbons (Fsp3) is 0.429. The molecule has 19 heavy (non-hydrogen) atoms. The topological polar surface area (TPSA) is 56.1 Å². The van der Waals surface area contributed by atoms with Gasteiger partial charge in [0.2, 0.25) is 5.91 Å². The van der Waals surface area contributed by atoms with Crippen molar-refractivity contribution in [2.45, 2.75) is 19.3 Å². The molecule has 0 spiro atoms. The van der Waals surface area contributed by atoms with E-state index in [1.165, 1.54) is 6.42 Å². The molecule has 1 N–H and O–H groups in total. The Bertz CT molecular complexity index is 504. The molecule has 0 atom stereocenters. The van der Waals surface area contributed by atoms with Gasteiger partial charge in [-0.1, -0.05) is 18.0 Å². The third kappa shape index (κ3) is 3.95. The molecule has 0 saturated carbocycles. The zero-order chi connectivity index (χ0) is 13.7. The third-order valence-corrected chi connectivity index (χ3v) is 3.43. The van der Waals surface area contributed by atoms with Crippen molar-refractivity contribution in [2.75, 3.05) is 25.0 Å². The number of carbonyl (C=O) groups excluding carboxylic acids is 1. The summed E-state index contributed by atoms with van der Waals surface area (Å²) in [5.41, 5.74) is 0.911. The standard InChI is InChI=1S/C14H16ClN3O/c15-12-5-4-11(9-16)13(8-12)17-14(19)10-18-6-2-1-3-7-18/h4-5,8H,1-3,6-7,10H2,(H,17,19). The van der Waals surface area contributed by atoms with E-state index in [0.29, 0.717) is 22.8 Å². The Morgan fingerprint density at radius 3 is 2.79 bits per heavy atom. The molecule has 1 heterocycles. The number of nitriles is 1. The van der Waals surface area contributed by atoms with Gasteiger partial charge >= 0.3 is 0 Å². The number of likely N-dealkylation sites (tertiary alicyclic amines) is 1. The van der Waals surface area contributed by atoms with Crippen LogP contribution >= 0.6 is 11.6 Å². The predicted molar refractivity (Wildman–Crippen MR) is 75.1 cm³/mol. The van der Waals surface area contributed by atoms with Crippen molar-refractivity contribution >= 4 is 23.2 Å². The molecule has 1 amide bonds. The van der Waals surface area contributed by atoms with Gasteiger partial charge in [0.25, 0.3) is 0 Å². The maximum Gasteiger partial charge on any atom is 0.238 e. The first-order chi connectivity index (χ1) is 9.19. The summed E-state index contributed by atoms with van der Waals surface area (Å²) in [6.45, 7) is 2.31. The minimum atomic E-state index is -0.0966. The van der Waals surface area contributed by atoms with Crippen LogP contribution in [0.4, 0.5) is 5.69 Å². The summed E-state index contributed by atoms with van der Waals surface area (Å²) in [7, 11) is 0. The molecule has 0 aromatic heterocycles. The molecule has 0 unspecified atom stereocenters. The van der Waals surface area contributed by atoms with Gasteiger partial charge in [-0.05, 0) is 44.1 Å². The van der Waals surface area contributed by atoms with Crippen LogP contribution in [0.5, 0.6) is 0 Å². The highest BCUT2D eigenvalue weighted by atomic mass is 35.5. The number of hydrogen-bond acceptors (Lipinski definition) is 3. The number of anilines is 1. The summed E-state index contributed by atoms with van der Waals surface area (Å²) in [5.74, 6) is -0.0966. The maximum absolute atomic E-state index is 12.0. The SMILES string of the molecule is N#Cc1ccc(Cl)cc1NC(=O)CN1CCCCC1. The molecule has 0 bridgehead atoms. The molecule has 1 aliphatic rings. The second-order valence-electron chi connectivity index (χ2n) is 4.69. The zero-order valence-corrected chi connectivity index (χ0v) is 11.4. The van der Waals surface area contributed by atoms with Crippen molar-refractivity contribution in [3.8, 4) is 6.07 Å². The summed E-state index contributed by atoms with van der Waals surface area (Å²) in [6.07, 6.45) is 3.53. The molecule has 1 saturated heterocycles. The average Bonchev–Trinajstić information content (AvgIpc) is 2.40. The quantitative estimate of drug-likeness (QED) is 0.924. The Balaban J connectivity index is 1.98. The summed E-state index contributed by atoms with van der Waals surface area (Å²) < 4.78 is 0. The number of halogens is 1. The van der Waals surface area contributed by atoms with Gasteiger partial charge in [0, 0.05) is 5.02 Å².